The highest BCUT2D eigenvalue weighted by atomic mass is 32.1. The molecule has 0 saturated carbocycles. The first-order valence-electron chi connectivity index (χ1n) is 5.39. The number of H-pyrrole nitrogens is 1. The molecule has 90 valence electrons. The quantitative estimate of drug-likeness (QED) is 0.488. The molecule has 1 heterocycles. The predicted molar refractivity (Wildman–Crippen MR) is 67.1 cm³/mol. The number of ether oxygens (including phenoxy) is 1. The Morgan fingerprint density at radius 2 is 2.44 bits per heavy atom. The van der Waals surface area contributed by atoms with Gasteiger partial charge in [0, 0.05) is 26.0 Å². The maximum absolute atomic E-state index is 5.22. The molecule has 0 aliphatic rings. The molecule has 0 aliphatic carbocycles. The van der Waals surface area contributed by atoms with E-state index in [0.717, 1.165) is 31.9 Å². The van der Waals surface area contributed by atoms with Crippen molar-refractivity contribution >= 4 is 17.3 Å². The van der Waals surface area contributed by atoms with Crippen LogP contribution in [0.2, 0.25) is 0 Å². The fourth-order valence-electron chi connectivity index (χ4n) is 1.14. The van der Waals surface area contributed by atoms with E-state index >= 15 is 0 Å². The van der Waals surface area contributed by atoms with Crippen molar-refractivity contribution in [3.05, 3.63) is 18.2 Å². The molecule has 1 aromatic heterocycles. The van der Waals surface area contributed by atoms with Crippen LogP contribution in [0.1, 0.15) is 19.0 Å². The van der Waals surface area contributed by atoms with Gasteiger partial charge in [0.05, 0.1) is 18.6 Å². The zero-order valence-electron chi connectivity index (χ0n) is 9.45. The third-order valence-corrected chi connectivity index (χ3v) is 2.24. The van der Waals surface area contributed by atoms with Gasteiger partial charge in [0.1, 0.15) is 0 Å². The standard InChI is InChI=1S/C10H18N4OS/c1-2-15-5-3-4-12-10(16)13-7-9-6-11-8-14-9/h6,8H,2-5,7H2,1H3,(H,11,14)(H2,12,13,16). The number of rotatable bonds is 7. The summed E-state index contributed by atoms with van der Waals surface area (Å²) >= 11 is 5.11. The van der Waals surface area contributed by atoms with Crippen LogP contribution in [0, 0.1) is 0 Å². The largest absolute Gasteiger partial charge is 0.382 e. The van der Waals surface area contributed by atoms with E-state index in [1.54, 1.807) is 12.5 Å². The lowest BCUT2D eigenvalue weighted by Crippen LogP contribution is -2.35. The predicted octanol–water partition coefficient (Wildman–Crippen LogP) is 0.800. The number of aromatic amines is 1. The van der Waals surface area contributed by atoms with Gasteiger partial charge >= 0.3 is 0 Å². The van der Waals surface area contributed by atoms with E-state index in [-0.39, 0.29) is 0 Å². The number of imidazole rings is 1. The highest BCUT2D eigenvalue weighted by Gasteiger charge is 1.96. The van der Waals surface area contributed by atoms with Gasteiger partial charge in [-0.2, -0.15) is 0 Å². The van der Waals surface area contributed by atoms with E-state index in [9.17, 15) is 0 Å². The van der Waals surface area contributed by atoms with E-state index in [1.165, 1.54) is 0 Å². The monoisotopic (exact) mass is 242 g/mol. The van der Waals surface area contributed by atoms with Gasteiger partial charge in [-0.1, -0.05) is 0 Å². The lowest BCUT2D eigenvalue weighted by molar-refractivity contribution is 0.145. The van der Waals surface area contributed by atoms with Crippen LogP contribution in [0.15, 0.2) is 12.5 Å². The Bertz CT molecular complexity index is 289. The summed E-state index contributed by atoms with van der Waals surface area (Å²) < 4.78 is 5.22. The van der Waals surface area contributed by atoms with Gasteiger partial charge in [-0.05, 0) is 25.6 Å². The molecule has 0 fully saturated rings. The summed E-state index contributed by atoms with van der Waals surface area (Å²) in [4.78, 5) is 6.92. The molecule has 0 aromatic carbocycles. The van der Waals surface area contributed by atoms with Crippen molar-refractivity contribution in [1.29, 1.82) is 0 Å². The fourth-order valence-corrected chi connectivity index (χ4v) is 1.31. The van der Waals surface area contributed by atoms with Crippen LogP contribution in [-0.2, 0) is 11.3 Å². The zero-order chi connectivity index (χ0) is 11.6. The Kier molecular flexibility index (Phi) is 6.52. The smallest absolute Gasteiger partial charge is 0.166 e. The molecule has 0 spiro atoms. The SMILES string of the molecule is CCOCCCNC(=S)NCc1cnc[nH]1. The van der Waals surface area contributed by atoms with E-state index in [2.05, 4.69) is 20.6 Å². The first-order valence-corrected chi connectivity index (χ1v) is 5.80. The number of hydrogen-bond acceptors (Lipinski definition) is 3. The van der Waals surface area contributed by atoms with E-state index in [4.69, 9.17) is 17.0 Å². The Morgan fingerprint density at radius 1 is 1.56 bits per heavy atom. The van der Waals surface area contributed by atoms with Crippen LogP contribution in [0.25, 0.3) is 0 Å². The van der Waals surface area contributed by atoms with E-state index in [1.807, 2.05) is 6.92 Å². The third kappa shape index (κ3) is 5.67. The first kappa shape index (κ1) is 12.9. The van der Waals surface area contributed by atoms with Gasteiger partial charge in [-0.25, -0.2) is 4.98 Å². The van der Waals surface area contributed by atoms with Gasteiger partial charge in [-0.3, -0.25) is 0 Å². The molecule has 6 heteroatoms. The van der Waals surface area contributed by atoms with E-state index in [0.29, 0.717) is 11.7 Å². The van der Waals surface area contributed by atoms with Crippen molar-refractivity contribution in [3.63, 3.8) is 0 Å². The minimum Gasteiger partial charge on any atom is -0.382 e. The van der Waals surface area contributed by atoms with Crippen molar-refractivity contribution in [3.8, 4) is 0 Å². The Hall–Kier alpha value is -1.14. The Balaban J connectivity index is 1.99. The van der Waals surface area contributed by atoms with Crippen molar-refractivity contribution < 1.29 is 4.74 Å². The Morgan fingerprint density at radius 3 is 3.12 bits per heavy atom. The molecule has 0 atom stereocenters. The first-order chi connectivity index (χ1) is 7.83. The molecule has 0 saturated heterocycles. The zero-order valence-corrected chi connectivity index (χ0v) is 10.3. The second-order valence-corrected chi connectivity index (χ2v) is 3.65. The number of nitrogens with one attached hydrogen (secondary N) is 3. The van der Waals surface area contributed by atoms with E-state index < -0.39 is 0 Å². The summed E-state index contributed by atoms with van der Waals surface area (Å²) in [6, 6.07) is 0. The maximum atomic E-state index is 5.22. The lowest BCUT2D eigenvalue weighted by Gasteiger charge is -2.09. The van der Waals surface area contributed by atoms with Crippen LogP contribution >= 0.6 is 12.2 Å². The van der Waals surface area contributed by atoms with Crippen LogP contribution in [0.4, 0.5) is 0 Å². The van der Waals surface area contributed by atoms with Crippen LogP contribution in [0.5, 0.6) is 0 Å². The summed E-state index contributed by atoms with van der Waals surface area (Å²) in [7, 11) is 0. The van der Waals surface area contributed by atoms with Crippen molar-refractivity contribution in [1.82, 2.24) is 20.6 Å². The van der Waals surface area contributed by atoms with Crippen LogP contribution in [-0.4, -0.2) is 34.8 Å². The second kappa shape index (κ2) is 8.06. The van der Waals surface area contributed by atoms with Gasteiger partial charge in [-0.15, -0.1) is 0 Å². The molecule has 3 N–H and O–H groups in total. The molecule has 0 radical (unpaired) electrons. The molecule has 0 amide bonds. The van der Waals surface area contributed by atoms with Crippen molar-refractivity contribution in [2.45, 2.75) is 19.9 Å². The number of aromatic nitrogens is 2. The maximum Gasteiger partial charge on any atom is 0.166 e. The molecular formula is C10H18N4OS. The number of hydrogen-bond donors (Lipinski definition) is 3. The average Bonchev–Trinajstić information content (AvgIpc) is 2.79. The second-order valence-electron chi connectivity index (χ2n) is 3.24. The van der Waals surface area contributed by atoms with Crippen LogP contribution in [0.3, 0.4) is 0 Å². The summed E-state index contributed by atoms with van der Waals surface area (Å²) in [6.45, 7) is 5.02. The molecule has 0 unspecified atom stereocenters. The van der Waals surface area contributed by atoms with Gasteiger partial charge in [0.15, 0.2) is 5.11 Å². The summed E-state index contributed by atoms with van der Waals surface area (Å²) in [5.41, 5.74) is 1.01. The molecule has 5 nitrogen and oxygen atoms in total. The average molecular weight is 242 g/mol. The highest BCUT2D eigenvalue weighted by Crippen LogP contribution is 1.88. The summed E-state index contributed by atoms with van der Waals surface area (Å²) in [5, 5.41) is 6.85. The van der Waals surface area contributed by atoms with Gasteiger partial charge in [0.25, 0.3) is 0 Å². The highest BCUT2D eigenvalue weighted by molar-refractivity contribution is 7.80. The van der Waals surface area contributed by atoms with Crippen LogP contribution < -0.4 is 10.6 Å². The van der Waals surface area contributed by atoms with Crippen molar-refractivity contribution in [2.75, 3.05) is 19.8 Å². The normalized spacial score (nSPS) is 10.1. The minimum atomic E-state index is 0.658. The molecule has 0 bridgehead atoms. The molecule has 0 aliphatic heterocycles. The fraction of sp³-hybridized carbons (Fsp3) is 0.600. The summed E-state index contributed by atoms with van der Waals surface area (Å²) in [5.74, 6) is 0. The van der Waals surface area contributed by atoms with Crippen molar-refractivity contribution in [2.24, 2.45) is 0 Å². The van der Waals surface area contributed by atoms with Gasteiger partial charge in [0.2, 0.25) is 0 Å². The molecular weight excluding hydrogens is 224 g/mol. The number of thiocarbonyl (C=S) groups is 1. The molecule has 16 heavy (non-hydrogen) atoms. The third-order valence-electron chi connectivity index (χ3n) is 1.95. The lowest BCUT2D eigenvalue weighted by atomic mass is 10.4. The number of nitrogens with zero attached hydrogens (tertiary/aromatic N) is 1. The van der Waals surface area contributed by atoms with Gasteiger partial charge < -0.3 is 20.4 Å². The summed E-state index contributed by atoms with van der Waals surface area (Å²) in [6.07, 6.45) is 4.37. The topological polar surface area (TPSA) is 62.0 Å². The molecule has 1 rings (SSSR count). The minimum absolute atomic E-state index is 0.658. The Labute approximate surface area is 101 Å². The molecule has 1 aromatic rings.